The Morgan fingerprint density at radius 3 is 3.06 bits per heavy atom. The van der Waals surface area contributed by atoms with Gasteiger partial charge >= 0.3 is 0 Å². The first-order valence-electron chi connectivity index (χ1n) is 5.23. The summed E-state index contributed by atoms with van der Waals surface area (Å²) in [6.45, 7) is 2.05. The third-order valence-corrected chi connectivity index (χ3v) is 3.12. The lowest BCUT2D eigenvalue weighted by Gasteiger charge is -2.03. The molecule has 0 unspecified atom stereocenters. The normalized spacial score (nSPS) is 11.4. The van der Waals surface area contributed by atoms with Gasteiger partial charge in [0, 0.05) is 6.54 Å². The Morgan fingerprint density at radius 2 is 2.33 bits per heavy atom. The van der Waals surface area contributed by atoms with Crippen molar-refractivity contribution < 1.29 is 9.13 Å². The molecule has 0 amide bonds. The summed E-state index contributed by atoms with van der Waals surface area (Å²) in [5.41, 5.74) is 6.14. The van der Waals surface area contributed by atoms with Gasteiger partial charge in [-0.15, -0.1) is 23.7 Å². The summed E-state index contributed by atoms with van der Waals surface area (Å²) in [4.78, 5) is 4.34. The van der Waals surface area contributed by atoms with Crippen LogP contribution in [0.15, 0.2) is 30.1 Å². The Bertz CT molecular complexity index is 556. The molecule has 1 heterocycles. The lowest BCUT2D eigenvalue weighted by Crippen LogP contribution is -2.01. The van der Waals surface area contributed by atoms with Gasteiger partial charge in [-0.05, 0) is 31.2 Å². The van der Waals surface area contributed by atoms with Crippen LogP contribution in [0.4, 0.5) is 4.39 Å². The highest BCUT2D eigenvalue weighted by atomic mass is 35.5. The smallest absolute Gasteiger partial charge is 0.139 e. The van der Waals surface area contributed by atoms with E-state index in [1.807, 2.05) is 19.1 Å². The first-order chi connectivity index (χ1) is 8.19. The number of hydrogen-bond donors (Lipinski definition) is 1. The fourth-order valence-electron chi connectivity index (χ4n) is 1.45. The van der Waals surface area contributed by atoms with Crippen LogP contribution >= 0.6 is 23.7 Å². The first-order valence-corrected chi connectivity index (χ1v) is 6.05. The molecule has 98 valence electrons. The molecule has 0 spiro atoms. The number of ether oxygens (including phenoxy) is 1. The van der Waals surface area contributed by atoms with Crippen LogP contribution in [0.2, 0.25) is 0 Å². The summed E-state index contributed by atoms with van der Waals surface area (Å²) >= 11 is 1.59. The molecule has 0 aliphatic rings. The molecule has 2 N–H and O–H groups in total. The molecule has 2 aromatic rings. The Hall–Kier alpha value is -1.17. The number of thiazole rings is 1. The van der Waals surface area contributed by atoms with Crippen molar-refractivity contribution in [2.45, 2.75) is 6.92 Å². The molecule has 0 bridgehead atoms. The van der Waals surface area contributed by atoms with Crippen LogP contribution in [0.3, 0.4) is 0 Å². The number of aromatic nitrogens is 1. The van der Waals surface area contributed by atoms with E-state index in [4.69, 9.17) is 10.5 Å². The molecule has 0 saturated heterocycles. The van der Waals surface area contributed by atoms with Crippen molar-refractivity contribution in [1.29, 1.82) is 0 Å². The van der Waals surface area contributed by atoms with Crippen molar-refractivity contribution in [3.8, 4) is 5.75 Å². The Morgan fingerprint density at radius 1 is 1.56 bits per heavy atom. The van der Waals surface area contributed by atoms with E-state index >= 15 is 0 Å². The summed E-state index contributed by atoms with van der Waals surface area (Å²) in [7, 11) is 0. The topological polar surface area (TPSA) is 48.1 Å². The van der Waals surface area contributed by atoms with Crippen LogP contribution in [0.25, 0.3) is 10.2 Å². The van der Waals surface area contributed by atoms with Crippen LogP contribution in [0, 0.1) is 6.92 Å². The van der Waals surface area contributed by atoms with Gasteiger partial charge in [0.15, 0.2) is 0 Å². The third-order valence-electron chi connectivity index (χ3n) is 2.18. The molecule has 0 radical (unpaired) electrons. The van der Waals surface area contributed by atoms with Crippen LogP contribution in [0.1, 0.15) is 5.01 Å². The van der Waals surface area contributed by atoms with E-state index in [9.17, 15) is 4.39 Å². The Labute approximate surface area is 115 Å². The van der Waals surface area contributed by atoms with Crippen LogP contribution in [-0.2, 0) is 0 Å². The fourth-order valence-corrected chi connectivity index (χ4v) is 2.30. The van der Waals surface area contributed by atoms with Crippen LogP contribution in [-0.4, -0.2) is 18.1 Å². The molecule has 6 heteroatoms. The number of benzene rings is 1. The second-order valence-electron chi connectivity index (χ2n) is 3.54. The summed E-state index contributed by atoms with van der Waals surface area (Å²) < 4.78 is 19.4. The van der Waals surface area contributed by atoms with Crippen molar-refractivity contribution in [3.63, 3.8) is 0 Å². The zero-order valence-electron chi connectivity index (χ0n) is 9.85. The van der Waals surface area contributed by atoms with Gasteiger partial charge in [0.25, 0.3) is 0 Å². The first kappa shape index (κ1) is 14.9. The van der Waals surface area contributed by atoms with Gasteiger partial charge in [0.05, 0.1) is 15.2 Å². The molecule has 0 fully saturated rings. The summed E-state index contributed by atoms with van der Waals surface area (Å²) in [5.74, 6) is 0.287. The standard InChI is InChI=1S/C12H13FN2OS.ClH/c1-8-15-11-3-2-10(6-12(11)17-8)16-7-9(13)4-5-14;/h2-4,6H,5,7,14H2,1H3;1H. The minimum Gasteiger partial charge on any atom is -0.486 e. The Kier molecular flexibility index (Phi) is 5.53. The Balaban J connectivity index is 0.00000162. The van der Waals surface area contributed by atoms with Crippen molar-refractivity contribution in [2.75, 3.05) is 13.2 Å². The number of halogens is 2. The molecule has 1 aromatic heterocycles. The molecule has 1 aromatic carbocycles. The third kappa shape index (κ3) is 3.66. The van der Waals surface area contributed by atoms with Crippen molar-refractivity contribution in [1.82, 2.24) is 4.98 Å². The minimum absolute atomic E-state index is 0. The molecule has 0 aliphatic carbocycles. The van der Waals surface area contributed by atoms with Gasteiger partial charge in [-0.1, -0.05) is 0 Å². The quantitative estimate of drug-likeness (QED) is 0.940. The minimum atomic E-state index is -0.354. The van der Waals surface area contributed by atoms with E-state index in [-0.39, 0.29) is 31.4 Å². The lowest BCUT2D eigenvalue weighted by atomic mass is 10.3. The maximum Gasteiger partial charge on any atom is 0.139 e. The van der Waals surface area contributed by atoms with E-state index in [0.29, 0.717) is 5.75 Å². The molecular weight excluding hydrogens is 275 g/mol. The predicted molar refractivity (Wildman–Crippen MR) is 75.3 cm³/mol. The van der Waals surface area contributed by atoms with Gasteiger partial charge in [-0.3, -0.25) is 0 Å². The van der Waals surface area contributed by atoms with Gasteiger partial charge in [-0.25, -0.2) is 9.37 Å². The maximum absolute atomic E-state index is 13.1. The average molecular weight is 289 g/mol. The monoisotopic (exact) mass is 288 g/mol. The zero-order chi connectivity index (χ0) is 12.3. The van der Waals surface area contributed by atoms with Crippen LogP contribution in [0.5, 0.6) is 5.75 Å². The summed E-state index contributed by atoms with van der Waals surface area (Å²) in [6.07, 6.45) is 1.30. The average Bonchev–Trinajstić information content (AvgIpc) is 2.66. The molecule has 3 nitrogen and oxygen atoms in total. The molecule has 2 rings (SSSR count). The van der Waals surface area contributed by atoms with E-state index in [1.54, 1.807) is 17.4 Å². The summed E-state index contributed by atoms with van der Waals surface area (Å²) in [6, 6.07) is 5.53. The number of rotatable bonds is 4. The second kappa shape index (κ2) is 6.68. The van der Waals surface area contributed by atoms with E-state index in [0.717, 1.165) is 15.2 Å². The largest absolute Gasteiger partial charge is 0.486 e. The van der Waals surface area contributed by atoms with Crippen molar-refractivity contribution in [2.24, 2.45) is 5.73 Å². The van der Waals surface area contributed by atoms with E-state index in [2.05, 4.69) is 4.98 Å². The number of fused-ring (bicyclic) bond motifs is 1. The van der Waals surface area contributed by atoms with Gasteiger partial charge in [-0.2, -0.15) is 0 Å². The number of aryl methyl sites for hydroxylation is 1. The van der Waals surface area contributed by atoms with Gasteiger partial charge in [0.1, 0.15) is 18.2 Å². The lowest BCUT2D eigenvalue weighted by molar-refractivity contribution is 0.318. The highest BCUT2D eigenvalue weighted by Gasteiger charge is 2.03. The fraction of sp³-hybridized carbons (Fsp3) is 0.250. The van der Waals surface area contributed by atoms with Gasteiger partial charge < -0.3 is 10.5 Å². The number of nitrogens with zero attached hydrogens (tertiary/aromatic N) is 1. The highest BCUT2D eigenvalue weighted by molar-refractivity contribution is 7.18. The molecule has 0 saturated carbocycles. The molecule has 18 heavy (non-hydrogen) atoms. The van der Waals surface area contributed by atoms with Gasteiger partial charge in [0.2, 0.25) is 0 Å². The van der Waals surface area contributed by atoms with E-state index < -0.39 is 0 Å². The number of nitrogens with two attached hydrogens (primary N) is 1. The highest BCUT2D eigenvalue weighted by Crippen LogP contribution is 2.26. The SMILES string of the molecule is Cc1nc2ccc(OCC(F)=CCN)cc2s1.Cl. The van der Waals surface area contributed by atoms with Crippen LogP contribution < -0.4 is 10.5 Å². The predicted octanol–water partition coefficient (Wildman–Crippen LogP) is 3.22. The second-order valence-corrected chi connectivity index (χ2v) is 4.77. The summed E-state index contributed by atoms with van der Waals surface area (Å²) in [5, 5.41) is 1.01. The van der Waals surface area contributed by atoms with Crippen molar-refractivity contribution in [3.05, 3.63) is 35.1 Å². The molecule has 0 atom stereocenters. The molecule has 0 aliphatic heterocycles. The zero-order valence-corrected chi connectivity index (χ0v) is 11.5. The maximum atomic E-state index is 13.1. The molecular formula is C12H14ClFN2OS. The van der Waals surface area contributed by atoms with Crippen molar-refractivity contribution >= 4 is 34.0 Å². The number of hydrogen-bond acceptors (Lipinski definition) is 4. The van der Waals surface area contributed by atoms with E-state index in [1.165, 1.54) is 6.08 Å².